The summed E-state index contributed by atoms with van der Waals surface area (Å²) in [6, 6.07) is 16.8. The van der Waals surface area contributed by atoms with Gasteiger partial charge in [0, 0.05) is 8.80 Å². The molecule has 0 atom stereocenters. The largest absolute Gasteiger partial charge is 4.00 e. The molecule has 2 aromatic rings. The van der Waals surface area contributed by atoms with E-state index in [4.69, 9.17) is 0 Å². The molecule has 22 heavy (non-hydrogen) atoms. The minimum absolute atomic E-state index is 0. The molecule has 0 radical (unpaired) electrons. The maximum atomic E-state index is 2.39. The van der Waals surface area contributed by atoms with Crippen LogP contribution in [0, 0.1) is 14.9 Å². The zero-order valence-corrected chi connectivity index (χ0v) is 19.2. The van der Waals surface area contributed by atoms with E-state index in [1.165, 1.54) is 0 Å². The zero-order valence-electron chi connectivity index (χ0n) is 15.0. The van der Waals surface area contributed by atoms with E-state index in [2.05, 4.69) is 52.1 Å². The van der Waals surface area contributed by atoms with Crippen LogP contribution in [0.15, 0.2) is 48.5 Å². The molecule has 0 saturated heterocycles. The van der Waals surface area contributed by atoms with Crippen molar-refractivity contribution in [1.29, 1.82) is 0 Å². The Balaban J connectivity index is -0.0000000847. The van der Waals surface area contributed by atoms with E-state index in [1.807, 2.05) is 30.3 Å². The van der Waals surface area contributed by atoms with Crippen LogP contribution in [0.25, 0.3) is 0 Å². The molecule has 4 heteroatoms. The number of hydrogen-bond acceptors (Lipinski definition) is 0. The predicted molar refractivity (Wildman–Crippen MR) is 94.1 cm³/mol. The maximum Gasteiger partial charge on any atom is 4.00 e. The first-order chi connectivity index (χ1) is 7.93. The van der Waals surface area contributed by atoms with Gasteiger partial charge in [0.2, 0.25) is 0 Å². The molecule has 0 heterocycles. The molecule has 0 spiro atoms. The third kappa shape index (κ3) is 11.7. The molecule has 0 aliphatic carbocycles. The van der Waals surface area contributed by atoms with Gasteiger partial charge in [-0.1, -0.05) is 39.3 Å². The molecule has 0 fully saturated rings. The fraction of sp³-hybridized carbons (Fsp3) is 0.333. The van der Waals surface area contributed by atoms with Crippen molar-refractivity contribution in [2.45, 2.75) is 39.3 Å². The second-order valence-electron chi connectivity index (χ2n) is 5.76. The Labute approximate surface area is 168 Å². The van der Waals surface area contributed by atoms with Crippen LogP contribution in [0.4, 0.5) is 0 Å². The monoisotopic (exact) mass is 392 g/mol. The van der Waals surface area contributed by atoms with Gasteiger partial charge in [0.15, 0.2) is 0 Å². The van der Waals surface area contributed by atoms with Gasteiger partial charge >= 0.3 is 21.7 Å². The Morgan fingerprint density at radius 2 is 1.41 bits per heavy atom. The standard InChI is InChI=1S/C11H19Si.C5H5.2CH3.2ClH.Ti/c1-11(2,3)9-7-6-8-10(9)12(4)5;1-2-4-5-3-1;;;;;/h6-8,12H,1-5H3;1-5H;2*1H3;2*1H;/q4*-1;;;+4/p-2. The Bertz CT molecular complexity index is 397. The van der Waals surface area contributed by atoms with Crippen LogP contribution in [-0.4, -0.2) is 8.80 Å². The Hall–Kier alpha value is 0.211. The van der Waals surface area contributed by atoms with Gasteiger partial charge in [0.1, 0.15) is 0 Å². The van der Waals surface area contributed by atoms with Crippen molar-refractivity contribution in [2.75, 3.05) is 0 Å². The summed E-state index contributed by atoms with van der Waals surface area (Å²) >= 11 is 0. The fourth-order valence-electron chi connectivity index (χ4n) is 1.94. The van der Waals surface area contributed by atoms with Crippen LogP contribution in [0.2, 0.25) is 13.1 Å². The normalized spacial score (nSPS) is 8.64. The van der Waals surface area contributed by atoms with Gasteiger partial charge < -0.3 is 39.7 Å². The molecule has 126 valence electrons. The summed E-state index contributed by atoms with van der Waals surface area (Å²) in [5, 5.41) is 1.64. The molecule has 2 aromatic carbocycles. The van der Waals surface area contributed by atoms with Crippen molar-refractivity contribution in [1.82, 2.24) is 0 Å². The van der Waals surface area contributed by atoms with E-state index in [0.29, 0.717) is 5.41 Å². The summed E-state index contributed by atoms with van der Waals surface area (Å²) in [5.41, 5.74) is 1.89. The maximum absolute atomic E-state index is 2.39. The molecule has 0 aliphatic rings. The van der Waals surface area contributed by atoms with Gasteiger partial charge in [-0.05, 0) is 0 Å². The average Bonchev–Trinajstić information content (AvgIpc) is 2.92. The Morgan fingerprint density at radius 3 is 1.64 bits per heavy atom. The van der Waals surface area contributed by atoms with Gasteiger partial charge in [-0.15, -0.1) is 0 Å². The third-order valence-electron chi connectivity index (χ3n) is 2.84. The predicted octanol–water partition coefficient (Wildman–Crippen LogP) is -1.29. The first-order valence-electron chi connectivity index (χ1n) is 6.35. The SMILES string of the molecule is C[SiH](C)c1ccc[c-]1C(C)(C)C.[CH3-].[CH3-].[Cl-].[Cl-].[Ti+4].c1cc[cH-]c1. The van der Waals surface area contributed by atoms with Gasteiger partial charge in [-0.25, -0.2) is 24.3 Å². The molecule has 0 aliphatic heterocycles. The van der Waals surface area contributed by atoms with E-state index < -0.39 is 8.80 Å². The molecular weight excluding hydrogens is 363 g/mol. The van der Waals surface area contributed by atoms with Gasteiger partial charge in [0.05, 0.1) is 0 Å². The van der Waals surface area contributed by atoms with Crippen LogP contribution < -0.4 is 30.0 Å². The molecule has 0 unspecified atom stereocenters. The Morgan fingerprint density at radius 1 is 0.955 bits per heavy atom. The molecule has 0 amide bonds. The minimum atomic E-state index is -0.619. The molecule has 0 saturated carbocycles. The first-order valence-corrected chi connectivity index (χ1v) is 9.24. The van der Waals surface area contributed by atoms with Crippen LogP contribution in [0.3, 0.4) is 0 Å². The van der Waals surface area contributed by atoms with Crippen LogP contribution >= 0.6 is 0 Å². The number of hydrogen-bond donors (Lipinski definition) is 0. The number of rotatable bonds is 1. The van der Waals surface area contributed by atoms with Crippen molar-refractivity contribution in [3.63, 3.8) is 0 Å². The van der Waals surface area contributed by atoms with Crippen LogP contribution in [-0.2, 0) is 27.1 Å². The van der Waals surface area contributed by atoms with Gasteiger partial charge in [-0.3, -0.25) is 0 Å². The van der Waals surface area contributed by atoms with Gasteiger partial charge in [-0.2, -0.15) is 35.0 Å². The summed E-state index contributed by atoms with van der Waals surface area (Å²) in [7, 11) is -0.619. The minimum Gasteiger partial charge on any atom is -1.00 e. The summed E-state index contributed by atoms with van der Waals surface area (Å²) in [4.78, 5) is 0. The number of halogens is 2. The van der Waals surface area contributed by atoms with E-state index >= 15 is 0 Å². The quantitative estimate of drug-likeness (QED) is 0.418. The van der Waals surface area contributed by atoms with Crippen molar-refractivity contribution in [3.05, 3.63) is 68.9 Å². The van der Waals surface area contributed by atoms with E-state index in [-0.39, 0.29) is 61.4 Å². The van der Waals surface area contributed by atoms with Crippen molar-refractivity contribution in [3.8, 4) is 0 Å². The van der Waals surface area contributed by atoms with Crippen molar-refractivity contribution < 1.29 is 46.5 Å². The van der Waals surface area contributed by atoms with E-state index in [1.54, 1.807) is 10.8 Å². The molecule has 0 aromatic heterocycles. The summed E-state index contributed by atoms with van der Waals surface area (Å²) < 4.78 is 0. The van der Waals surface area contributed by atoms with Crippen LogP contribution in [0.1, 0.15) is 26.3 Å². The summed E-state index contributed by atoms with van der Waals surface area (Å²) in [6.45, 7) is 11.7. The summed E-state index contributed by atoms with van der Waals surface area (Å²) in [5.74, 6) is 0. The summed E-state index contributed by atoms with van der Waals surface area (Å²) in [6.07, 6.45) is 0. The molecule has 0 bridgehead atoms. The molecule has 0 N–H and O–H groups in total. The molecule has 0 nitrogen and oxygen atoms in total. The zero-order chi connectivity index (χ0) is 12.9. The molecular formula is C18H30Cl2SiTi-2. The average molecular weight is 393 g/mol. The van der Waals surface area contributed by atoms with Crippen molar-refractivity contribution in [2.24, 2.45) is 0 Å². The molecule has 2 rings (SSSR count). The van der Waals surface area contributed by atoms with E-state index in [9.17, 15) is 0 Å². The third-order valence-corrected chi connectivity index (χ3v) is 4.58. The second-order valence-corrected chi connectivity index (χ2v) is 8.69. The smallest absolute Gasteiger partial charge is 1.00 e. The second kappa shape index (κ2) is 16.1. The van der Waals surface area contributed by atoms with Gasteiger partial charge in [0.25, 0.3) is 0 Å². The van der Waals surface area contributed by atoms with Crippen LogP contribution in [0.5, 0.6) is 0 Å². The van der Waals surface area contributed by atoms with Crippen molar-refractivity contribution >= 4 is 14.0 Å². The van der Waals surface area contributed by atoms with E-state index in [0.717, 1.165) is 0 Å². The first kappa shape index (κ1) is 33.7. The topological polar surface area (TPSA) is 0 Å². The Kier molecular flexibility index (Phi) is 24.7. The fourth-order valence-corrected chi connectivity index (χ4v) is 3.59.